The monoisotopic (exact) mass is 399 g/mol. The number of benzene rings is 2. The van der Waals surface area contributed by atoms with Gasteiger partial charge in [-0.3, -0.25) is 4.79 Å². The molecule has 1 N–H and O–H groups in total. The highest BCUT2D eigenvalue weighted by Gasteiger charge is 2.21. The van der Waals surface area contributed by atoms with Crippen molar-refractivity contribution in [3.05, 3.63) is 102 Å². The van der Waals surface area contributed by atoms with E-state index in [-0.39, 0.29) is 11.8 Å². The molecule has 2 aromatic carbocycles. The predicted molar refractivity (Wildman–Crippen MR) is 117 cm³/mol. The SMILES string of the molecule is Cc1ccc(Cn2nnc(C(=O)NC[C@H](C)c3ccccc3)c2-n2cccc2)cc1. The van der Waals surface area contributed by atoms with E-state index in [2.05, 4.69) is 65.9 Å². The zero-order valence-corrected chi connectivity index (χ0v) is 17.2. The maximum absolute atomic E-state index is 13.0. The summed E-state index contributed by atoms with van der Waals surface area (Å²) in [4.78, 5) is 13.0. The van der Waals surface area contributed by atoms with Gasteiger partial charge in [0.2, 0.25) is 0 Å². The van der Waals surface area contributed by atoms with E-state index in [9.17, 15) is 4.79 Å². The van der Waals surface area contributed by atoms with E-state index >= 15 is 0 Å². The van der Waals surface area contributed by atoms with Gasteiger partial charge in [-0.15, -0.1) is 5.10 Å². The molecule has 2 heterocycles. The first-order valence-corrected chi connectivity index (χ1v) is 10.1. The molecular formula is C24H25N5O. The number of nitrogens with zero attached hydrogens (tertiary/aromatic N) is 4. The lowest BCUT2D eigenvalue weighted by atomic mass is 10.0. The second kappa shape index (κ2) is 8.78. The van der Waals surface area contributed by atoms with Crippen LogP contribution >= 0.6 is 0 Å². The Morgan fingerprint density at radius 1 is 1.00 bits per heavy atom. The molecule has 1 amide bonds. The van der Waals surface area contributed by atoms with Crippen LogP contribution in [-0.4, -0.2) is 32.0 Å². The van der Waals surface area contributed by atoms with E-state index in [4.69, 9.17) is 0 Å². The Balaban J connectivity index is 1.56. The Kier molecular flexibility index (Phi) is 5.75. The molecule has 0 saturated carbocycles. The third-order valence-electron chi connectivity index (χ3n) is 5.16. The average Bonchev–Trinajstić information content (AvgIpc) is 3.44. The number of hydrogen-bond acceptors (Lipinski definition) is 3. The number of amides is 1. The van der Waals surface area contributed by atoms with Gasteiger partial charge in [0.1, 0.15) is 0 Å². The summed E-state index contributed by atoms with van der Waals surface area (Å²) in [6.07, 6.45) is 3.79. The van der Waals surface area contributed by atoms with Gasteiger partial charge in [0.25, 0.3) is 5.91 Å². The normalized spacial score (nSPS) is 11.9. The molecule has 0 aliphatic rings. The van der Waals surface area contributed by atoms with Crippen molar-refractivity contribution < 1.29 is 4.79 Å². The van der Waals surface area contributed by atoms with Crippen LogP contribution in [-0.2, 0) is 6.54 Å². The molecule has 0 spiro atoms. The predicted octanol–water partition coefficient (Wildman–Crippen LogP) is 3.96. The maximum Gasteiger partial charge on any atom is 0.275 e. The molecule has 6 heteroatoms. The lowest BCUT2D eigenvalue weighted by Crippen LogP contribution is -2.29. The van der Waals surface area contributed by atoms with Crippen LogP contribution < -0.4 is 5.32 Å². The second-order valence-electron chi connectivity index (χ2n) is 7.52. The van der Waals surface area contributed by atoms with Crippen molar-refractivity contribution >= 4 is 5.91 Å². The van der Waals surface area contributed by atoms with Crippen molar-refractivity contribution in [2.45, 2.75) is 26.3 Å². The summed E-state index contributed by atoms with van der Waals surface area (Å²) in [5, 5.41) is 11.5. The molecule has 152 valence electrons. The van der Waals surface area contributed by atoms with Crippen LogP contribution in [0.25, 0.3) is 5.82 Å². The van der Waals surface area contributed by atoms with E-state index in [0.29, 0.717) is 24.6 Å². The number of aromatic nitrogens is 4. The first-order chi connectivity index (χ1) is 14.6. The van der Waals surface area contributed by atoms with E-state index in [1.807, 2.05) is 47.3 Å². The lowest BCUT2D eigenvalue weighted by molar-refractivity contribution is 0.0946. The summed E-state index contributed by atoms with van der Waals surface area (Å²) < 4.78 is 3.64. The molecule has 0 bridgehead atoms. The minimum atomic E-state index is -0.225. The molecular weight excluding hydrogens is 374 g/mol. The number of carbonyl (C=O) groups is 1. The quantitative estimate of drug-likeness (QED) is 0.512. The molecule has 0 saturated heterocycles. The zero-order valence-electron chi connectivity index (χ0n) is 17.2. The molecule has 2 aromatic heterocycles. The summed E-state index contributed by atoms with van der Waals surface area (Å²) in [5.41, 5.74) is 3.81. The molecule has 1 atom stereocenters. The van der Waals surface area contributed by atoms with E-state index in [0.717, 1.165) is 5.56 Å². The van der Waals surface area contributed by atoms with Crippen molar-refractivity contribution in [2.75, 3.05) is 6.54 Å². The standard InChI is InChI=1S/C24H25N5O/c1-18-10-12-20(13-11-18)17-29-24(28-14-6-7-15-28)22(26-27-29)23(30)25-16-19(2)21-8-4-3-5-9-21/h3-15,19H,16-17H2,1-2H3,(H,25,30)/t19-/m0/s1. The van der Waals surface area contributed by atoms with Gasteiger partial charge < -0.3 is 9.88 Å². The van der Waals surface area contributed by atoms with Crippen molar-refractivity contribution in [3.8, 4) is 5.82 Å². The topological polar surface area (TPSA) is 64.7 Å². The van der Waals surface area contributed by atoms with Crippen LogP contribution in [0.4, 0.5) is 0 Å². The zero-order chi connectivity index (χ0) is 20.9. The summed E-state index contributed by atoms with van der Waals surface area (Å²) in [5.74, 6) is 0.634. The van der Waals surface area contributed by atoms with Crippen LogP contribution in [0.1, 0.15) is 40.0 Å². The first-order valence-electron chi connectivity index (χ1n) is 10.1. The highest BCUT2D eigenvalue weighted by Crippen LogP contribution is 2.17. The molecule has 30 heavy (non-hydrogen) atoms. The number of carbonyl (C=O) groups excluding carboxylic acids is 1. The third kappa shape index (κ3) is 4.33. The Hall–Kier alpha value is -3.67. The number of rotatable bonds is 7. The Morgan fingerprint density at radius 3 is 2.40 bits per heavy atom. The highest BCUT2D eigenvalue weighted by molar-refractivity contribution is 5.95. The van der Waals surface area contributed by atoms with Crippen LogP contribution in [0.3, 0.4) is 0 Å². The van der Waals surface area contributed by atoms with Gasteiger partial charge >= 0.3 is 0 Å². The third-order valence-corrected chi connectivity index (χ3v) is 5.16. The number of aryl methyl sites for hydroxylation is 1. The molecule has 4 rings (SSSR count). The molecule has 0 radical (unpaired) electrons. The van der Waals surface area contributed by atoms with Crippen LogP contribution in [0.15, 0.2) is 79.1 Å². The maximum atomic E-state index is 13.0. The van der Waals surface area contributed by atoms with Gasteiger partial charge in [0.15, 0.2) is 11.5 Å². The van der Waals surface area contributed by atoms with Gasteiger partial charge in [-0.2, -0.15) is 0 Å². The fourth-order valence-corrected chi connectivity index (χ4v) is 3.39. The summed E-state index contributed by atoms with van der Waals surface area (Å²) >= 11 is 0. The molecule has 4 aromatic rings. The Morgan fingerprint density at radius 2 is 1.70 bits per heavy atom. The summed E-state index contributed by atoms with van der Waals surface area (Å²) in [6.45, 7) is 5.22. The summed E-state index contributed by atoms with van der Waals surface area (Å²) in [6, 6.07) is 22.3. The van der Waals surface area contributed by atoms with Crippen molar-refractivity contribution in [2.24, 2.45) is 0 Å². The second-order valence-corrected chi connectivity index (χ2v) is 7.52. The van der Waals surface area contributed by atoms with E-state index in [1.54, 1.807) is 4.68 Å². The smallest absolute Gasteiger partial charge is 0.275 e. The van der Waals surface area contributed by atoms with Gasteiger partial charge in [0.05, 0.1) is 6.54 Å². The number of hydrogen-bond donors (Lipinski definition) is 1. The molecule has 0 aliphatic carbocycles. The van der Waals surface area contributed by atoms with Gasteiger partial charge in [-0.05, 0) is 36.1 Å². The van der Waals surface area contributed by atoms with Crippen LogP contribution in [0, 0.1) is 6.92 Å². The molecule has 0 aliphatic heterocycles. The van der Waals surface area contributed by atoms with Crippen molar-refractivity contribution in [3.63, 3.8) is 0 Å². The molecule has 0 fully saturated rings. The van der Waals surface area contributed by atoms with Gasteiger partial charge in [-0.25, -0.2) is 4.68 Å². The van der Waals surface area contributed by atoms with Gasteiger partial charge in [0, 0.05) is 18.9 Å². The molecule has 0 unspecified atom stereocenters. The van der Waals surface area contributed by atoms with Crippen molar-refractivity contribution in [1.82, 2.24) is 24.9 Å². The first kappa shape index (κ1) is 19.6. The Labute approximate surface area is 176 Å². The molecule has 6 nitrogen and oxygen atoms in total. The lowest BCUT2D eigenvalue weighted by Gasteiger charge is -2.13. The number of nitrogens with one attached hydrogen (secondary N) is 1. The van der Waals surface area contributed by atoms with Gasteiger partial charge in [-0.1, -0.05) is 72.3 Å². The minimum Gasteiger partial charge on any atom is -0.350 e. The summed E-state index contributed by atoms with van der Waals surface area (Å²) in [7, 11) is 0. The Bertz CT molecular complexity index is 1100. The van der Waals surface area contributed by atoms with Crippen LogP contribution in [0.2, 0.25) is 0 Å². The fourth-order valence-electron chi connectivity index (χ4n) is 3.39. The largest absolute Gasteiger partial charge is 0.350 e. The average molecular weight is 399 g/mol. The fraction of sp³-hybridized carbons (Fsp3) is 0.208. The van der Waals surface area contributed by atoms with Crippen LogP contribution in [0.5, 0.6) is 0 Å². The van der Waals surface area contributed by atoms with Crippen molar-refractivity contribution in [1.29, 1.82) is 0 Å². The van der Waals surface area contributed by atoms with E-state index in [1.165, 1.54) is 11.1 Å². The van der Waals surface area contributed by atoms with E-state index < -0.39 is 0 Å². The minimum absolute atomic E-state index is 0.202. The highest BCUT2D eigenvalue weighted by atomic mass is 16.2.